The minimum Gasteiger partial charge on any atom is -0.369 e. The molecule has 2 aliphatic rings. The van der Waals surface area contributed by atoms with Gasteiger partial charge in [0.25, 0.3) is 5.91 Å². The van der Waals surface area contributed by atoms with Crippen LogP contribution in [0.15, 0.2) is 65.7 Å². The van der Waals surface area contributed by atoms with E-state index < -0.39 is 11.6 Å². The quantitative estimate of drug-likeness (QED) is 0.641. The van der Waals surface area contributed by atoms with Crippen molar-refractivity contribution in [2.24, 2.45) is 4.99 Å². The number of carbonyl (C=O) groups is 1. The third kappa shape index (κ3) is 4.84. The number of piperazine rings is 1. The van der Waals surface area contributed by atoms with E-state index in [1.54, 1.807) is 0 Å². The van der Waals surface area contributed by atoms with Crippen molar-refractivity contribution in [2.45, 2.75) is 13.0 Å². The van der Waals surface area contributed by atoms with Crippen LogP contribution in [0, 0.1) is 11.6 Å². The lowest BCUT2D eigenvalue weighted by molar-refractivity contribution is 0.0977. The van der Waals surface area contributed by atoms with Crippen LogP contribution in [0.1, 0.15) is 32.6 Å². The number of hydrogen-bond acceptors (Lipinski definition) is 4. The third-order valence-corrected chi connectivity index (χ3v) is 6.40. The second-order valence-electron chi connectivity index (χ2n) is 8.90. The zero-order valence-corrected chi connectivity index (χ0v) is 19.0. The monoisotopic (exact) mass is 460 g/mol. The first-order valence-electron chi connectivity index (χ1n) is 11.4. The maximum atomic E-state index is 13.6. The van der Waals surface area contributed by atoms with Crippen molar-refractivity contribution in [3.63, 3.8) is 0 Å². The number of rotatable bonds is 4. The molecule has 7 heteroatoms. The van der Waals surface area contributed by atoms with Crippen LogP contribution < -0.4 is 10.2 Å². The van der Waals surface area contributed by atoms with Gasteiger partial charge < -0.3 is 15.1 Å². The lowest BCUT2D eigenvalue weighted by Crippen LogP contribution is -2.44. The molecule has 0 saturated carbocycles. The number of benzene rings is 3. The van der Waals surface area contributed by atoms with Crippen LogP contribution in [-0.4, -0.2) is 49.9 Å². The lowest BCUT2D eigenvalue weighted by Gasteiger charge is -2.34. The van der Waals surface area contributed by atoms with Crippen LogP contribution in [0.4, 0.5) is 14.5 Å². The molecule has 0 spiro atoms. The summed E-state index contributed by atoms with van der Waals surface area (Å²) < 4.78 is 27.1. The molecule has 2 aliphatic heterocycles. The molecule has 0 bridgehead atoms. The molecule has 34 heavy (non-hydrogen) atoms. The Kier molecular flexibility index (Phi) is 6.11. The molecule has 174 valence electrons. The molecule has 3 aromatic carbocycles. The van der Waals surface area contributed by atoms with Crippen molar-refractivity contribution in [3.05, 3.63) is 100 Å². The Morgan fingerprint density at radius 3 is 2.32 bits per heavy atom. The highest BCUT2D eigenvalue weighted by Crippen LogP contribution is 2.23. The van der Waals surface area contributed by atoms with E-state index >= 15 is 0 Å². The topological polar surface area (TPSA) is 47.9 Å². The van der Waals surface area contributed by atoms with Crippen LogP contribution in [0.5, 0.6) is 0 Å². The van der Waals surface area contributed by atoms with Crippen molar-refractivity contribution in [1.82, 2.24) is 10.2 Å². The van der Waals surface area contributed by atoms with Crippen LogP contribution >= 0.6 is 0 Å². The maximum absolute atomic E-state index is 13.6. The molecule has 3 aromatic rings. The van der Waals surface area contributed by atoms with Gasteiger partial charge in [0.1, 0.15) is 17.5 Å². The van der Waals surface area contributed by atoms with Gasteiger partial charge >= 0.3 is 0 Å². The average molecular weight is 461 g/mol. The molecule has 2 heterocycles. The van der Waals surface area contributed by atoms with Crippen LogP contribution in [0.2, 0.25) is 0 Å². The number of amidine groups is 1. The van der Waals surface area contributed by atoms with Gasteiger partial charge in [0.2, 0.25) is 0 Å². The van der Waals surface area contributed by atoms with Gasteiger partial charge in [0, 0.05) is 49.1 Å². The number of anilines is 1. The first-order chi connectivity index (χ1) is 16.4. The van der Waals surface area contributed by atoms with Gasteiger partial charge in [0.05, 0.1) is 6.54 Å². The van der Waals surface area contributed by atoms with E-state index in [1.165, 1.54) is 12.1 Å². The summed E-state index contributed by atoms with van der Waals surface area (Å²) in [7, 11) is 2.12. The normalized spacial score (nSPS) is 15.7. The zero-order chi connectivity index (χ0) is 23.7. The second-order valence-corrected chi connectivity index (χ2v) is 8.90. The Balaban J connectivity index is 1.27. The summed E-state index contributed by atoms with van der Waals surface area (Å²) in [6.07, 6.45) is 0.386. The predicted molar refractivity (Wildman–Crippen MR) is 129 cm³/mol. The van der Waals surface area contributed by atoms with E-state index in [0.717, 1.165) is 54.6 Å². The van der Waals surface area contributed by atoms with Crippen molar-refractivity contribution >= 4 is 17.4 Å². The molecule has 5 nitrogen and oxygen atoms in total. The van der Waals surface area contributed by atoms with Gasteiger partial charge in [-0.3, -0.25) is 9.79 Å². The standard InChI is InChI=1S/C27H26F2N4O/c1-32-8-10-33(11-9-32)24-6-4-20(5-7-24)27(34)31-26-25-15-18(2-3-21(25)17-30-26)12-19-13-22(28)16-23(29)14-19/h2-7,13-16H,8-12,17H2,1H3,(H,30,31,34). The Bertz CT molecular complexity index is 1230. The van der Waals surface area contributed by atoms with Crippen molar-refractivity contribution < 1.29 is 13.6 Å². The molecule has 0 aliphatic carbocycles. The Morgan fingerprint density at radius 1 is 0.912 bits per heavy atom. The fraction of sp³-hybridized carbons (Fsp3) is 0.259. The number of halogens is 2. The van der Waals surface area contributed by atoms with Gasteiger partial charge in [-0.2, -0.15) is 0 Å². The number of aliphatic imine (C=N–C) groups is 1. The molecule has 1 fully saturated rings. The summed E-state index contributed by atoms with van der Waals surface area (Å²) in [5.74, 6) is -0.877. The summed E-state index contributed by atoms with van der Waals surface area (Å²) in [6.45, 7) is 4.48. The number of hydrogen-bond donors (Lipinski definition) is 1. The van der Waals surface area contributed by atoms with Gasteiger partial charge in [0.15, 0.2) is 0 Å². The minimum absolute atomic E-state index is 0.214. The number of amides is 1. The molecule has 0 unspecified atom stereocenters. The van der Waals surface area contributed by atoms with Gasteiger partial charge in [-0.1, -0.05) is 12.1 Å². The number of likely N-dealkylation sites (N-methyl/N-ethyl adjacent to an activating group) is 1. The molecule has 1 N–H and O–H groups in total. The largest absolute Gasteiger partial charge is 0.369 e. The number of carbonyl (C=O) groups excluding carboxylic acids is 1. The Hall–Kier alpha value is -3.58. The van der Waals surface area contributed by atoms with Gasteiger partial charge in [-0.25, -0.2) is 8.78 Å². The molecule has 0 aromatic heterocycles. The Morgan fingerprint density at radius 2 is 1.62 bits per heavy atom. The van der Waals surface area contributed by atoms with Crippen molar-refractivity contribution in [2.75, 3.05) is 38.1 Å². The van der Waals surface area contributed by atoms with E-state index in [1.807, 2.05) is 42.5 Å². The highest BCUT2D eigenvalue weighted by molar-refractivity contribution is 6.14. The van der Waals surface area contributed by atoms with Crippen molar-refractivity contribution in [1.29, 1.82) is 0 Å². The van der Waals surface area contributed by atoms with E-state index in [4.69, 9.17) is 0 Å². The fourth-order valence-electron chi connectivity index (χ4n) is 4.46. The number of nitrogens with one attached hydrogen (secondary N) is 1. The van der Waals surface area contributed by atoms with E-state index in [9.17, 15) is 13.6 Å². The van der Waals surface area contributed by atoms with Crippen LogP contribution in [0.3, 0.4) is 0 Å². The first-order valence-corrected chi connectivity index (χ1v) is 11.4. The molecule has 0 atom stereocenters. The Labute approximate surface area is 197 Å². The smallest absolute Gasteiger partial charge is 0.256 e. The van der Waals surface area contributed by atoms with Gasteiger partial charge in [-0.05, 0) is 72.6 Å². The van der Waals surface area contributed by atoms with E-state index in [0.29, 0.717) is 29.9 Å². The maximum Gasteiger partial charge on any atom is 0.256 e. The molecular formula is C27H26F2N4O. The minimum atomic E-state index is -0.593. The second kappa shape index (κ2) is 9.35. The summed E-state index contributed by atoms with van der Waals surface area (Å²) in [5.41, 5.74) is 4.99. The summed E-state index contributed by atoms with van der Waals surface area (Å²) >= 11 is 0. The molecule has 5 rings (SSSR count). The molecular weight excluding hydrogens is 434 g/mol. The zero-order valence-electron chi connectivity index (χ0n) is 19.0. The van der Waals surface area contributed by atoms with Gasteiger partial charge in [-0.15, -0.1) is 0 Å². The number of nitrogens with zero attached hydrogens (tertiary/aromatic N) is 3. The first kappa shape index (κ1) is 22.2. The summed E-state index contributed by atoms with van der Waals surface area (Å²) in [6, 6.07) is 17.0. The average Bonchev–Trinajstić information content (AvgIpc) is 3.21. The highest BCUT2D eigenvalue weighted by Gasteiger charge is 2.20. The van der Waals surface area contributed by atoms with Crippen LogP contribution in [-0.2, 0) is 13.0 Å². The van der Waals surface area contributed by atoms with Crippen molar-refractivity contribution in [3.8, 4) is 0 Å². The molecule has 0 radical (unpaired) electrons. The SMILES string of the molecule is CN1CCN(c2ccc(C(=O)NC3=NCc4ccc(Cc5cc(F)cc(F)c5)cc43)cc2)CC1. The predicted octanol–water partition coefficient (Wildman–Crippen LogP) is 4.00. The summed E-state index contributed by atoms with van der Waals surface area (Å²) in [4.78, 5) is 22.0. The third-order valence-electron chi connectivity index (χ3n) is 6.40. The molecule has 1 saturated heterocycles. The number of fused-ring (bicyclic) bond motifs is 1. The lowest BCUT2D eigenvalue weighted by atomic mass is 9.99. The highest BCUT2D eigenvalue weighted by atomic mass is 19.1. The summed E-state index contributed by atoms with van der Waals surface area (Å²) in [5, 5.41) is 2.94. The molecule has 1 amide bonds. The van der Waals surface area contributed by atoms with E-state index in [2.05, 4.69) is 27.2 Å². The van der Waals surface area contributed by atoms with E-state index in [-0.39, 0.29) is 5.91 Å². The fourth-order valence-corrected chi connectivity index (χ4v) is 4.46. The van der Waals surface area contributed by atoms with Crippen LogP contribution in [0.25, 0.3) is 0 Å².